The van der Waals surface area contributed by atoms with E-state index in [-0.39, 0.29) is 6.04 Å². The number of benzene rings is 1. The summed E-state index contributed by atoms with van der Waals surface area (Å²) in [6.07, 6.45) is 3.52. The Balaban J connectivity index is 2.55. The second kappa shape index (κ2) is 5.82. The number of hydrogen-bond acceptors (Lipinski definition) is 4. The molecule has 0 aliphatic rings. The summed E-state index contributed by atoms with van der Waals surface area (Å²) in [5.74, 6) is 6.59. The average molecular weight is 257 g/mol. The number of aryl methyl sites for hydroxylation is 2. The average Bonchev–Trinajstić information content (AvgIpc) is 2.42. The summed E-state index contributed by atoms with van der Waals surface area (Å²) in [5, 5.41) is 0. The zero-order valence-corrected chi connectivity index (χ0v) is 11.5. The van der Waals surface area contributed by atoms with Gasteiger partial charge in [0, 0.05) is 18.0 Å². The van der Waals surface area contributed by atoms with Crippen molar-refractivity contribution in [1.82, 2.24) is 10.4 Å². The molecule has 19 heavy (non-hydrogen) atoms. The van der Waals surface area contributed by atoms with Gasteiger partial charge in [0.1, 0.15) is 5.75 Å². The second-order valence-electron chi connectivity index (χ2n) is 4.58. The molecule has 0 aliphatic heterocycles. The summed E-state index contributed by atoms with van der Waals surface area (Å²) in [6.45, 7) is 4.12. The van der Waals surface area contributed by atoms with Crippen LogP contribution in [0.4, 0.5) is 0 Å². The smallest absolute Gasteiger partial charge is 0.124 e. The first-order valence-electron chi connectivity index (χ1n) is 6.18. The van der Waals surface area contributed by atoms with E-state index in [2.05, 4.69) is 30.3 Å². The summed E-state index contributed by atoms with van der Waals surface area (Å²) in [6, 6.07) is 7.93. The van der Waals surface area contributed by atoms with Crippen LogP contribution in [0.25, 0.3) is 0 Å². The molecule has 0 amide bonds. The van der Waals surface area contributed by atoms with Crippen LogP contribution in [0.1, 0.15) is 28.3 Å². The minimum atomic E-state index is -0.112. The number of hydrazine groups is 1. The highest BCUT2D eigenvalue weighted by Crippen LogP contribution is 2.33. The van der Waals surface area contributed by atoms with Crippen LogP contribution in [-0.2, 0) is 0 Å². The van der Waals surface area contributed by atoms with Crippen LogP contribution in [0, 0.1) is 13.8 Å². The van der Waals surface area contributed by atoms with Gasteiger partial charge >= 0.3 is 0 Å². The number of nitrogens with two attached hydrogens (primary N) is 1. The topological polar surface area (TPSA) is 60.2 Å². The molecule has 2 rings (SSSR count). The van der Waals surface area contributed by atoms with Crippen molar-refractivity contribution in [3.63, 3.8) is 0 Å². The Bertz CT molecular complexity index is 555. The van der Waals surface area contributed by atoms with E-state index >= 15 is 0 Å². The van der Waals surface area contributed by atoms with Gasteiger partial charge < -0.3 is 4.74 Å². The lowest BCUT2D eigenvalue weighted by Crippen LogP contribution is -2.29. The molecule has 4 heteroatoms. The normalized spacial score (nSPS) is 12.2. The van der Waals surface area contributed by atoms with Gasteiger partial charge in [-0.1, -0.05) is 6.07 Å². The van der Waals surface area contributed by atoms with Crippen LogP contribution in [0.3, 0.4) is 0 Å². The quantitative estimate of drug-likeness (QED) is 0.651. The molecule has 1 aromatic heterocycles. The summed E-state index contributed by atoms with van der Waals surface area (Å²) in [4.78, 5) is 4.04. The monoisotopic (exact) mass is 257 g/mol. The van der Waals surface area contributed by atoms with Crippen LogP contribution in [0.5, 0.6) is 5.75 Å². The lowest BCUT2D eigenvalue weighted by atomic mass is 9.94. The summed E-state index contributed by atoms with van der Waals surface area (Å²) >= 11 is 0. The zero-order valence-electron chi connectivity index (χ0n) is 11.5. The van der Waals surface area contributed by atoms with Crippen LogP contribution in [0.2, 0.25) is 0 Å². The van der Waals surface area contributed by atoms with Crippen molar-refractivity contribution in [2.24, 2.45) is 5.84 Å². The predicted molar refractivity (Wildman–Crippen MR) is 75.9 cm³/mol. The molecule has 1 heterocycles. The number of pyridine rings is 1. The van der Waals surface area contributed by atoms with E-state index in [4.69, 9.17) is 10.6 Å². The Morgan fingerprint density at radius 2 is 1.89 bits per heavy atom. The third kappa shape index (κ3) is 2.75. The molecule has 0 saturated carbocycles. The molecule has 3 N–H and O–H groups in total. The summed E-state index contributed by atoms with van der Waals surface area (Å²) < 4.78 is 5.50. The van der Waals surface area contributed by atoms with Crippen molar-refractivity contribution >= 4 is 0 Å². The van der Waals surface area contributed by atoms with E-state index in [1.807, 2.05) is 18.2 Å². The molecule has 1 unspecified atom stereocenters. The van der Waals surface area contributed by atoms with E-state index in [0.717, 1.165) is 22.4 Å². The Labute approximate surface area is 113 Å². The predicted octanol–water partition coefficient (Wildman–Crippen LogP) is 2.26. The second-order valence-corrected chi connectivity index (χ2v) is 4.58. The molecule has 4 nitrogen and oxygen atoms in total. The maximum absolute atomic E-state index is 5.74. The number of nitrogens with one attached hydrogen (secondary N) is 1. The van der Waals surface area contributed by atoms with E-state index in [0.29, 0.717) is 0 Å². The Hall–Kier alpha value is -1.91. The van der Waals surface area contributed by atoms with Gasteiger partial charge in [0.2, 0.25) is 0 Å². The van der Waals surface area contributed by atoms with E-state index in [1.165, 1.54) is 5.56 Å². The van der Waals surface area contributed by atoms with Gasteiger partial charge in [-0.3, -0.25) is 10.8 Å². The molecule has 2 aromatic rings. The standard InChI is InChI=1S/C15H19N3O/c1-10-8-11(2)14(13(9-10)19-3)15(18-16)12-4-6-17-7-5-12/h4-9,15,18H,16H2,1-3H3. The van der Waals surface area contributed by atoms with Gasteiger partial charge in [0.25, 0.3) is 0 Å². The van der Waals surface area contributed by atoms with Crippen molar-refractivity contribution in [1.29, 1.82) is 0 Å². The third-order valence-electron chi connectivity index (χ3n) is 3.21. The lowest BCUT2D eigenvalue weighted by molar-refractivity contribution is 0.403. The number of nitrogens with zero attached hydrogens (tertiary/aromatic N) is 1. The first-order chi connectivity index (χ1) is 9.17. The molecule has 1 aromatic carbocycles. The first-order valence-corrected chi connectivity index (χ1v) is 6.18. The Kier molecular flexibility index (Phi) is 4.14. The minimum Gasteiger partial charge on any atom is -0.496 e. The number of rotatable bonds is 4. The molecule has 0 fully saturated rings. The molecule has 100 valence electrons. The van der Waals surface area contributed by atoms with Gasteiger partial charge in [-0.15, -0.1) is 0 Å². The maximum Gasteiger partial charge on any atom is 0.124 e. The fraction of sp³-hybridized carbons (Fsp3) is 0.267. The molecule has 1 atom stereocenters. The molecule has 0 aliphatic carbocycles. The highest BCUT2D eigenvalue weighted by molar-refractivity contribution is 5.48. The highest BCUT2D eigenvalue weighted by atomic mass is 16.5. The lowest BCUT2D eigenvalue weighted by Gasteiger charge is -2.22. The minimum absolute atomic E-state index is 0.112. The Morgan fingerprint density at radius 1 is 1.21 bits per heavy atom. The van der Waals surface area contributed by atoms with Crippen LogP contribution in [0.15, 0.2) is 36.7 Å². The summed E-state index contributed by atoms with van der Waals surface area (Å²) in [7, 11) is 1.68. The maximum atomic E-state index is 5.74. The van der Waals surface area contributed by atoms with E-state index < -0.39 is 0 Å². The molecule has 0 saturated heterocycles. The van der Waals surface area contributed by atoms with Gasteiger partial charge in [-0.25, -0.2) is 5.43 Å². The van der Waals surface area contributed by atoms with Gasteiger partial charge in [-0.2, -0.15) is 0 Å². The largest absolute Gasteiger partial charge is 0.496 e. The van der Waals surface area contributed by atoms with Crippen molar-refractivity contribution in [2.45, 2.75) is 19.9 Å². The molecule has 0 radical (unpaired) electrons. The zero-order chi connectivity index (χ0) is 13.8. The van der Waals surface area contributed by atoms with Gasteiger partial charge in [0.15, 0.2) is 0 Å². The van der Waals surface area contributed by atoms with Crippen molar-refractivity contribution in [3.8, 4) is 5.75 Å². The fourth-order valence-electron chi connectivity index (χ4n) is 2.38. The molecule has 0 spiro atoms. The van der Waals surface area contributed by atoms with Crippen molar-refractivity contribution in [3.05, 3.63) is 58.9 Å². The molecule has 0 bridgehead atoms. The van der Waals surface area contributed by atoms with E-state index in [1.54, 1.807) is 19.5 Å². The number of hydrogen-bond donors (Lipinski definition) is 2. The third-order valence-corrected chi connectivity index (χ3v) is 3.21. The SMILES string of the molecule is COc1cc(C)cc(C)c1C(NN)c1ccncc1. The van der Waals surface area contributed by atoms with Crippen LogP contribution >= 0.6 is 0 Å². The molecular weight excluding hydrogens is 238 g/mol. The van der Waals surface area contributed by atoms with Crippen molar-refractivity contribution < 1.29 is 4.74 Å². The fourth-order valence-corrected chi connectivity index (χ4v) is 2.38. The number of aromatic nitrogens is 1. The first kappa shape index (κ1) is 13.5. The van der Waals surface area contributed by atoms with Crippen LogP contribution < -0.4 is 16.0 Å². The number of methoxy groups -OCH3 is 1. The molecular formula is C15H19N3O. The van der Waals surface area contributed by atoms with E-state index in [9.17, 15) is 0 Å². The van der Waals surface area contributed by atoms with Crippen molar-refractivity contribution in [2.75, 3.05) is 7.11 Å². The Morgan fingerprint density at radius 3 is 2.47 bits per heavy atom. The number of ether oxygens (including phenoxy) is 1. The van der Waals surface area contributed by atoms with Gasteiger partial charge in [0.05, 0.1) is 13.2 Å². The van der Waals surface area contributed by atoms with Crippen LogP contribution in [-0.4, -0.2) is 12.1 Å². The highest BCUT2D eigenvalue weighted by Gasteiger charge is 2.19. The van der Waals surface area contributed by atoms with Gasteiger partial charge in [-0.05, 0) is 48.7 Å². The summed E-state index contributed by atoms with van der Waals surface area (Å²) in [5.41, 5.74) is 7.30.